The molecule has 100 valence electrons. The van der Waals surface area contributed by atoms with Crippen LogP contribution in [0.2, 0.25) is 0 Å². The predicted molar refractivity (Wildman–Crippen MR) is 78.8 cm³/mol. The Morgan fingerprint density at radius 3 is 2.37 bits per heavy atom. The molecule has 3 nitrogen and oxygen atoms in total. The first-order valence-electron chi connectivity index (χ1n) is 6.54. The molecule has 0 spiro atoms. The lowest BCUT2D eigenvalue weighted by atomic mass is 10.1. The van der Waals surface area contributed by atoms with E-state index in [0.717, 1.165) is 29.1 Å². The van der Waals surface area contributed by atoms with Crippen LogP contribution >= 0.6 is 0 Å². The molecular formula is C16H20N2O. The number of aliphatic hydroxyl groups excluding tert-OH is 1. The third-order valence-corrected chi connectivity index (χ3v) is 3.34. The summed E-state index contributed by atoms with van der Waals surface area (Å²) in [6, 6.07) is 10.5. The molecule has 0 fully saturated rings. The van der Waals surface area contributed by atoms with Gasteiger partial charge in [0.1, 0.15) is 5.82 Å². The molecule has 1 heterocycles. The Labute approximate surface area is 114 Å². The number of pyridine rings is 1. The lowest BCUT2D eigenvalue weighted by Gasteiger charge is -2.21. The minimum Gasteiger partial charge on any atom is -0.392 e. The van der Waals surface area contributed by atoms with Gasteiger partial charge in [0.05, 0.1) is 6.61 Å². The maximum absolute atomic E-state index is 9.11. The molecule has 2 aromatic rings. The van der Waals surface area contributed by atoms with E-state index < -0.39 is 0 Å². The zero-order valence-corrected chi connectivity index (χ0v) is 11.7. The lowest BCUT2D eigenvalue weighted by Crippen LogP contribution is -2.13. The molecule has 0 saturated heterocycles. The first-order valence-corrected chi connectivity index (χ1v) is 6.54. The molecule has 0 bridgehead atoms. The zero-order valence-electron chi connectivity index (χ0n) is 11.7. The average molecular weight is 256 g/mol. The van der Waals surface area contributed by atoms with Gasteiger partial charge in [-0.15, -0.1) is 0 Å². The smallest absolute Gasteiger partial charge is 0.135 e. The second-order valence-electron chi connectivity index (χ2n) is 4.72. The Kier molecular flexibility index (Phi) is 4.17. The number of aliphatic hydroxyl groups is 1. The summed E-state index contributed by atoms with van der Waals surface area (Å²) in [7, 11) is 2.01. The Hall–Kier alpha value is -1.87. The third-order valence-electron chi connectivity index (χ3n) is 3.34. The minimum atomic E-state index is 0.0308. The van der Waals surface area contributed by atoms with Gasteiger partial charge in [-0.25, -0.2) is 4.98 Å². The molecule has 0 unspecified atom stereocenters. The summed E-state index contributed by atoms with van der Waals surface area (Å²) in [6.07, 6.45) is 2.77. The van der Waals surface area contributed by atoms with Gasteiger partial charge in [0.2, 0.25) is 0 Å². The van der Waals surface area contributed by atoms with Crippen LogP contribution in [0.1, 0.15) is 23.6 Å². The van der Waals surface area contributed by atoms with E-state index in [9.17, 15) is 0 Å². The topological polar surface area (TPSA) is 36.4 Å². The molecular weight excluding hydrogens is 236 g/mol. The molecule has 0 radical (unpaired) electrons. The van der Waals surface area contributed by atoms with Crippen LogP contribution in [0.5, 0.6) is 0 Å². The fourth-order valence-electron chi connectivity index (χ4n) is 2.14. The van der Waals surface area contributed by atoms with Crippen molar-refractivity contribution >= 4 is 11.5 Å². The van der Waals surface area contributed by atoms with E-state index in [2.05, 4.69) is 41.1 Å². The van der Waals surface area contributed by atoms with E-state index in [1.54, 1.807) is 6.20 Å². The van der Waals surface area contributed by atoms with Crippen LogP contribution in [0.3, 0.4) is 0 Å². The van der Waals surface area contributed by atoms with Crippen molar-refractivity contribution in [3.63, 3.8) is 0 Å². The summed E-state index contributed by atoms with van der Waals surface area (Å²) in [5.74, 6) is 0.918. The standard InChI is InChI=1S/C16H20N2O/c1-4-13-5-7-15(8-6-13)18(3)16-12(2)9-14(11-19)10-17-16/h5-10,19H,4,11H2,1-3H3. The van der Waals surface area contributed by atoms with E-state index in [1.807, 2.05) is 20.0 Å². The van der Waals surface area contributed by atoms with Crippen LogP contribution in [0.4, 0.5) is 11.5 Å². The molecule has 0 aliphatic heterocycles. The SMILES string of the molecule is CCc1ccc(N(C)c2ncc(CO)cc2C)cc1. The molecule has 1 aromatic heterocycles. The first kappa shape index (κ1) is 13.6. The van der Waals surface area contributed by atoms with Crippen LogP contribution < -0.4 is 4.90 Å². The van der Waals surface area contributed by atoms with Gasteiger partial charge in [0.15, 0.2) is 0 Å². The summed E-state index contributed by atoms with van der Waals surface area (Å²) in [5.41, 5.74) is 4.35. The third kappa shape index (κ3) is 2.93. The van der Waals surface area contributed by atoms with Gasteiger partial charge in [-0.05, 0) is 48.2 Å². The van der Waals surface area contributed by atoms with Crippen molar-refractivity contribution in [1.82, 2.24) is 4.98 Å². The molecule has 0 atom stereocenters. The largest absolute Gasteiger partial charge is 0.392 e. The van der Waals surface area contributed by atoms with E-state index in [4.69, 9.17) is 5.11 Å². The van der Waals surface area contributed by atoms with Gasteiger partial charge in [-0.2, -0.15) is 0 Å². The molecule has 3 heteroatoms. The maximum Gasteiger partial charge on any atom is 0.135 e. The second-order valence-corrected chi connectivity index (χ2v) is 4.72. The number of nitrogens with zero attached hydrogens (tertiary/aromatic N) is 2. The number of rotatable bonds is 4. The Morgan fingerprint density at radius 1 is 1.16 bits per heavy atom. The summed E-state index contributed by atoms with van der Waals surface area (Å²) in [6.45, 7) is 4.19. The monoisotopic (exact) mass is 256 g/mol. The molecule has 0 saturated carbocycles. The molecule has 1 N–H and O–H groups in total. The molecule has 19 heavy (non-hydrogen) atoms. The highest BCUT2D eigenvalue weighted by atomic mass is 16.3. The number of aryl methyl sites for hydroxylation is 2. The predicted octanol–water partition coefficient (Wildman–Crippen LogP) is 3.21. The number of hydrogen-bond acceptors (Lipinski definition) is 3. The van der Waals surface area contributed by atoms with Crippen molar-refractivity contribution in [2.45, 2.75) is 26.9 Å². The molecule has 0 aliphatic rings. The van der Waals surface area contributed by atoms with Crippen molar-refractivity contribution in [3.05, 3.63) is 53.2 Å². The Morgan fingerprint density at radius 2 is 1.84 bits per heavy atom. The van der Waals surface area contributed by atoms with Gasteiger partial charge in [0, 0.05) is 18.9 Å². The van der Waals surface area contributed by atoms with E-state index >= 15 is 0 Å². The number of aromatic nitrogens is 1. The highest BCUT2D eigenvalue weighted by molar-refractivity contribution is 5.62. The van der Waals surface area contributed by atoms with Gasteiger partial charge < -0.3 is 10.0 Å². The quantitative estimate of drug-likeness (QED) is 0.912. The average Bonchev–Trinajstić information content (AvgIpc) is 2.46. The van der Waals surface area contributed by atoms with Gasteiger partial charge >= 0.3 is 0 Å². The van der Waals surface area contributed by atoms with Crippen molar-refractivity contribution in [2.75, 3.05) is 11.9 Å². The second kappa shape index (κ2) is 5.85. The fraction of sp³-hybridized carbons (Fsp3) is 0.312. The number of hydrogen-bond donors (Lipinski definition) is 1. The summed E-state index contributed by atoms with van der Waals surface area (Å²) < 4.78 is 0. The highest BCUT2D eigenvalue weighted by Crippen LogP contribution is 2.25. The normalized spacial score (nSPS) is 10.5. The Bertz CT molecular complexity index is 549. The van der Waals surface area contributed by atoms with Crippen molar-refractivity contribution in [2.24, 2.45) is 0 Å². The molecule has 1 aromatic carbocycles. The van der Waals surface area contributed by atoms with E-state index in [1.165, 1.54) is 5.56 Å². The highest BCUT2D eigenvalue weighted by Gasteiger charge is 2.09. The summed E-state index contributed by atoms with van der Waals surface area (Å²) in [5, 5.41) is 9.11. The lowest BCUT2D eigenvalue weighted by molar-refractivity contribution is 0.281. The van der Waals surface area contributed by atoms with Crippen LogP contribution in [-0.2, 0) is 13.0 Å². The van der Waals surface area contributed by atoms with Crippen LogP contribution in [-0.4, -0.2) is 17.1 Å². The van der Waals surface area contributed by atoms with E-state index in [-0.39, 0.29) is 6.61 Å². The summed E-state index contributed by atoms with van der Waals surface area (Å²) >= 11 is 0. The maximum atomic E-state index is 9.11. The zero-order chi connectivity index (χ0) is 13.8. The van der Waals surface area contributed by atoms with Gasteiger partial charge in [-0.1, -0.05) is 19.1 Å². The number of anilines is 2. The Balaban J connectivity index is 2.29. The molecule has 0 amide bonds. The molecule has 2 rings (SSSR count). The number of benzene rings is 1. The van der Waals surface area contributed by atoms with Gasteiger partial charge in [-0.3, -0.25) is 0 Å². The van der Waals surface area contributed by atoms with Crippen molar-refractivity contribution in [1.29, 1.82) is 0 Å². The summed E-state index contributed by atoms with van der Waals surface area (Å²) in [4.78, 5) is 6.50. The molecule has 0 aliphatic carbocycles. The van der Waals surface area contributed by atoms with Gasteiger partial charge in [0.25, 0.3) is 0 Å². The van der Waals surface area contributed by atoms with Crippen molar-refractivity contribution < 1.29 is 5.11 Å². The minimum absolute atomic E-state index is 0.0308. The first-order chi connectivity index (χ1) is 9.15. The van der Waals surface area contributed by atoms with Crippen molar-refractivity contribution in [3.8, 4) is 0 Å². The van der Waals surface area contributed by atoms with Crippen LogP contribution in [0.15, 0.2) is 36.5 Å². The van der Waals surface area contributed by atoms with E-state index in [0.29, 0.717) is 0 Å². The fourth-order valence-corrected chi connectivity index (χ4v) is 2.14. The van der Waals surface area contributed by atoms with Crippen LogP contribution in [0, 0.1) is 6.92 Å². The van der Waals surface area contributed by atoms with Crippen LogP contribution in [0.25, 0.3) is 0 Å².